The Morgan fingerprint density at radius 2 is 0.842 bits per heavy atom. The minimum Gasteiger partial charge on any atom is -0.333 e. The maximum atomic E-state index is 4.50. The van der Waals surface area contributed by atoms with Gasteiger partial charge in [-0.05, 0) is 57.0 Å². The average Bonchev–Trinajstić information content (AvgIpc) is 2.53. The van der Waals surface area contributed by atoms with Crippen molar-refractivity contribution in [1.82, 2.24) is 0 Å². The molecule has 116 valence electrons. The number of hydrogen-bond donors (Lipinski definition) is 2. The predicted molar refractivity (Wildman–Crippen MR) is 87.2 cm³/mol. The van der Waals surface area contributed by atoms with Crippen molar-refractivity contribution in [3.8, 4) is 0 Å². The maximum absolute atomic E-state index is 4.50. The van der Waals surface area contributed by atoms with E-state index in [1.807, 2.05) is 0 Å². The first-order chi connectivity index (χ1) is 9.21. The van der Waals surface area contributed by atoms with Crippen LogP contribution in [0.3, 0.4) is 0 Å². The molecule has 0 heterocycles. The summed E-state index contributed by atoms with van der Waals surface area (Å²) in [5.74, 6) is 2.07. The summed E-state index contributed by atoms with van der Waals surface area (Å²) in [6.45, 7) is 5.14. The Bertz CT molecular complexity index is 169. The molecule has 0 aromatic rings. The molecule has 2 fully saturated rings. The zero-order chi connectivity index (χ0) is 14.7. The van der Waals surface area contributed by atoms with Crippen molar-refractivity contribution in [3.05, 3.63) is 0 Å². The number of nitrogens with two attached hydrogens (primary N) is 2. The van der Waals surface area contributed by atoms with Crippen LogP contribution in [0.25, 0.3) is 0 Å². The molecule has 0 unspecified atom stereocenters. The van der Waals surface area contributed by atoms with Crippen molar-refractivity contribution >= 4 is 0 Å². The van der Waals surface area contributed by atoms with Crippen molar-refractivity contribution in [1.29, 1.82) is 0 Å². The Morgan fingerprint density at radius 1 is 0.579 bits per heavy atom. The van der Waals surface area contributed by atoms with E-state index >= 15 is 0 Å². The Balaban J connectivity index is 0.000000741. The van der Waals surface area contributed by atoms with Gasteiger partial charge in [-0.1, -0.05) is 52.4 Å². The Hall–Kier alpha value is -0.0800. The van der Waals surface area contributed by atoms with Gasteiger partial charge in [0.15, 0.2) is 0 Å². The second-order valence-corrected chi connectivity index (χ2v) is 6.49. The quantitative estimate of drug-likeness (QED) is 0.785. The topological polar surface area (TPSA) is 52.0 Å². The molecule has 0 bridgehead atoms. The fourth-order valence-corrected chi connectivity index (χ4v) is 4.03. The van der Waals surface area contributed by atoms with Crippen molar-refractivity contribution in [2.45, 2.75) is 78.1 Å². The lowest BCUT2D eigenvalue weighted by Crippen LogP contribution is -2.35. The molecule has 0 radical (unpaired) electrons. The van der Waals surface area contributed by atoms with Gasteiger partial charge in [-0.2, -0.15) is 0 Å². The normalized spacial score (nSPS) is 21.8. The average molecular weight is 271 g/mol. The van der Waals surface area contributed by atoms with Crippen LogP contribution in [0.2, 0.25) is 0 Å². The van der Waals surface area contributed by atoms with Crippen LogP contribution < -0.4 is 11.5 Å². The zero-order valence-electron chi connectivity index (χ0n) is 13.9. The van der Waals surface area contributed by atoms with Crippen molar-refractivity contribution in [2.24, 2.45) is 28.7 Å². The van der Waals surface area contributed by atoms with E-state index in [1.54, 1.807) is 0 Å². The molecule has 0 aliphatic heterocycles. The third-order valence-electron chi connectivity index (χ3n) is 5.31. The molecule has 2 heteroatoms. The van der Waals surface area contributed by atoms with E-state index < -0.39 is 0 Å². The highest BCUT2D eigenvalue weighted by Crippen LogP contribution is 2.48. The molecule has 4 N–H and O–H groups in total. The molecule has 19 heavy (non-hydrogen) atoms. The van der Waals surface area contributed by atoms with Gasteiger partial charge in [0, 0.05) is 0 Å². The first kappa shape index (κ1) is 18.9. The highest BCUT2D eigenvalue weighted by atomic mass is 14.4. The molecule has 2 saturated carbocycles. The molecular formula is C17H38N2. The minimum atomic E-state index is 0.640. The number of hydrogen-bond acceptors (Lipinski definition) is 2. The lowest BCUT2D eigenvalue weighted by atomic mass is 9.61. The smallest absolute Gasteiger partial charge is 0.0195 e. The summed E-state index contributed by atoms with van der Waals surface area (Å²) in [6, 6.07) is 0. The fraction of sp³-hybridized carbons (Fsp3) is 1.00. The second-order valence-electron chi connectivity index (χ2n) is 6.49. The van der Waals surface area contributed by atoms with Gasteiger partial charge in [-0.15, -0.1) is 0 Å². The summed E-state index contributed by atoms with van der Waals surface area (Å²) in [5.41, 5.74) is 9.64. The Labute approximate surface area is 121 Å². The lowest BCUT2D eigenvalue weighted by molar-refractivity contribution is 0.0587. The van der Waals surface area contributed by atoms with Crippen LogP contribution in [-0.2, 0) is 0 Å². The molecule has 0 atom stereocenters. The SMILES string of the molecule is CC(C)(C1CCCCC1)C1CCCCC1.CN.CN. The molecular weight excluding hydrogens is 232 g/mol. The van der Waals surface area contributed by atoms with E-state index in [-0.39, 0.29) is 0 Å². The van der Waals surface area contributed by atoms with Gasteiger partial charge in [0.25, 0.3) is 0 Å². The van der Waals surface area contributed by atoms with Crippen LogP contribution in [0.4, 0.5) is 0 Å². The van der Waals surface area contributed by atoms with E-state index in [1.165, 1.54) is 78.3 Å². The molecule has 0 spiro atoms. The maximum Gasteiger partial charge on any atom is -0.0195 e. The van der Waals surface area contributed by atoms with Gasteiger partial charge in [0.05, 0.1) is 0 Å². The Kier molecular flexibility index (Phi) is 10.6. The molecule has 0 aromatic carbocycles. The van der Waals surface area contributed by atoms with Crippen LogP contribution in [0.5, 0.6) is 0 Å². The van der Waals surface area contributed by atoms with Crippen LogP contribution in [0, 0.1) is 17.3 Å². The van der Waals surface area contributed by atoms with Crippen molar-refractivity contribution < 1.29 is 0 Å². The zero-order valence-corrected chi connectivity index (χ0v) is 13.9. The summed E-state index contributed by atoms with van der Waals surface area (Å²) in [7, 11) is 3.00. The highest BCUT2D eigenvalue weighted by Gasteiger charge is 2.37. The van der Waals surface area contributed by atoms with Crippen LogP contribution in [0.15, 0.2) is 0 Å². The summed E-state index contributed by atoms with van der Waals surface area (Å²) < 4.78 is 0. The van der Waals surface area contributed by atoms with Crippen molar-refractivity contribution in [3.63, 3.8) is 0 Å². The number of rotatable bonds is 2. The summed E-state index contributed by atoms with van der Waals surface area (Å²) in [4.78, 5) is 0. The van der Waals surface area contributed by atoms with Gasteiger partial charge < -0.3 is 11.5 Å². The Morgan fingerprint density at radius 3 is 1.11 bits per heavy atom. The molecule has 2 rings (SSSR count). The van der Waals surface area contributed by atoms with Gasteiger partial charge >= 0.3 is 0 Å². The predicted octanol–water partition coefficient (Wildman–Crippen LogP) is 4.32. The standard InChI is InChI=1S/C15H28.2CH5N/c1-15(2,13-9-5-3-6-10-13)14-11-7-4-8-12-14;2*1-2/h13-14H,3-12H2,1-2H3;2*2H2,1H3. The summed E-state index contributed by atoms with van der Waals surface area (Å²) >= 11 is 0. The first-order valence-corrected chi connectivity index (χ1v) is 8.37. The molecule has 0 amide bonds. The third kappa shape index (κ3) is 5.83. The van der Waals surface area contributed by atoms with Crippen LogP contribution in [0.1, 0.15) is 78.1 Å². The van der Waals surface area contributed by atoms with Gasteiger partial charge in [-0.25, -0.2) is 0 Å². The minimum absolute atomic E-state index is 0.640. The molecule has 2 aliphatic rings. The van der Waals surface area contributed by atoms with E-state index in [0.717, 1.165) is 11.8 Å². The van der Waals surface area contributed by atoms with Gasteiger partial charge in [-0.3, -0.25) is 0 Å². The monoisotopic (exact) mass is 270 g/mol. The third-order valence-corrected chi connectivity index (χ3v) is 5.31. The first-order valence-electron chi connectivity index (χ1n) is 8.37. The fourth-order valence-electron chi connectivity index (χ4n) is 4.03. The molecule has 2 aliphatic carbocycles. The van der Waals surface area contributed by atoms with E-state index in [2.05, 4.69) is 25.3 Å². The molecule has 0 aromatic heterocycles. The van der Waals surface area contributed by atoms with Gasteiger partial charge in [0.2, 0.25) is 0 Å². The summed E-state index contributed by atoms with van der Waals surface area (Å²) in [5, 5.41) is 0. The van der Waals surface area contributed by atoms with E-state index in [0.29, 0.717) is 5.41 Å². The van der Waals surface area contributed by atoms with Crippen LogP contribution >= 0.6 is 0 Å². The highest BCUT2D eigenvalue weighted by molar-refractivity contribution is 4.88. The summed E-state index contributed by atoms with van der Waals surface area (Å²) in [6.07, 6.45) is 15.1. The molecule has 2 nitrogen and oxygen atoms in total. The second kappa shape index (κ2) is 10.7. The van der Waals surface area contributed by atoms with E-state index in [4.69, 9.17) is 0 Å². The molecule has 0 saturated heterocycles. The van der Waals surface area contributed by atoms with Crippen molar-refractivity contribution in [2.75, 3.05) is 14.1 Å². The van der Waals surface area contributed by atoms with E-state index in [9.17, 15) is 0 Å². The van der Waals surface area contributed by atoms with Gasteiger partial charge in [0.1, 0.15) is 0 Å². The lowest BCUT2D eigenvalue weighted by Gasteiger charge is -2.44. The van der Waals surface area contributed by atoms with Crippen LogP contribution in [-0.4, -0.2) is 14.1 Å². The largest absolute Gasteiger partial charge is 0.333 e.